The number of halogens is 1. The van der Waals surface area contributed by atoms with Crippen molar-refractivity contribution in [1.82, 2.24) is 0 Å². The van der Waals surface area contributed by atoms with Gasteiger partial charge in [-0.25, -0.2) is 0 Å². The van der Waals surface area contributed by atoms with Gasteiger partial charge in [0, 0.05) is 0 Å². The monoisotopic (exact) mass is 261 g/mol. The molecule has 0 heterocycles. The van der Waals surface area contributed by atoms with Crippen LogP contribution in [0.25, 0.3) is 0 Å². The molecule has 0 bridgehead atoms. The van der Waals surface area contributed by atoms with Crippen LogP contribution in [-0.4, -0.2) is 11.0 Å². The number of phenolic OH excluding ortho intramolecular Hbond substituents is 1. The molecule has 3 nitrogen and oxygen atoms in total. The second-order valence-corrected chi connectivity index (χ2v) is 4.36. The Balaban J connectivity index is 2.27. The molecule has 2 aromatic carbocycles. The fraction of sp³-hybridized carbons (Fsp3) is 0.0714. The van der Waals surface area contributed by atoms with Gasteiger partial charge in [-0.05, 0) is 36.8 Å². The summed E-state index contributed by atoms with van der Waals surface area (Å²) < 4.78 is 0. The van der Waals surface area contributed by atoms with Crippen molar-refractivity contribution >= 4 is 23.2 Å². The molecule has 0 fully saturated rings. The Bertz CT molecular complexity index is 596. The molecule has 0 aliphatic heterocycles. The molecular weight excluding hydrogens is 250 g/mol. The second kappa shape index (κ2) is 5.10. The van der Waals surface area contributed by atoms with Crippen molar-refractivity contribution < 1.29 is 9.90 Å². The maximum atomic E-state index is 12.0. The second-order valence-electron chi connectivity index (χ2n) is 3.95. The lowest BCUT2D eigenvalue weighted by Gasteiger charge is -2.09. The minimum Gasteiger partial charge on any atom is -0.506 e. The van der Waals surface area contributed by atoms with Crippen molar-refractivity contribution in [3.8, 4) is 5.75 Å². The van der Waals surface area contributed by atoms with E-state index >= 15 is 0 Å². The first-order valence-corrected chi connectivity index (χ1v) is 5.81. The smallest absolute Gasteiger partial charge is 0.257 e. The van der Waals surface area contributed by atoms with Crippen molar-refractivity contribution in [2.24, 2.45) is 0 Å². The van der Waals surface area contributed by atoms with E-state index < -0.39 is 0 Å². The minimum atomic E-state index is -0.346. The van der Waals surface area contributed by atoms with Gasteiger partial charge in [-0.1, -0.05) is 29.8 Å². The largest absolute Gasteiger partial charge is 0.506 e. The van der Waals surface area contributed by atoms with Crippen LogP contribution in [0.5, 0.6) is 5.75 Å². The molecule has 0 aliphatic rings. The van der Waals surface area contributed by atoms with E-state index in [1.54, 1.807) is 36.4 Å². The highest BCUT2D eigenvalue weighted by Gasteiger charge is 2.11. The third-order valence-corrected chi connectivity index (χ3v) is 2.85. The third kappa shape index (κ3) is 2.63. The number of carbonyl (C=O) groups is 1. The summed E-state index contributed by atoms with van der Waals surface area (Å²) in [5.74, 6) is -0.317. The lowest BCUT2D eigenvalue weighted by molar-refractivity contribution is 0.102. The first-order chi connectivity index (χ1) is 8.58. The normalized spacial score (nSPS) is 10.1. The van der Waals surface area contributed by atoms with Crippen LogP contribution in [-0.2, 0) is 0 Å². The molecular formula is C14H12ClNO2. The van der Waals surface area contributed by atoms with E-state index in [-0.39, 0.29) is 11.7 Å². The van der Waals surface area contributed by atoms with E-state index in [1.165, 1.54) is 6.07 Å². The Morgan fingerprint density at radius 1 is 1.22 bits per heavy atom. The van der Waals surface area contributed by atoms with Crippen LogP contribution < -0.4 is 5.32 Å². The third-order valence-electron chi connectivity index (χ3n) is 2.52. The quantitative estimate of drug-likeness (QED) is 0.812. The van der Waals surface area contributed by atoms with E-state index in [0.29, 0.717) is 16.3 Å². The molecule has 0 spiro atoms. The molecule has 2 aromatic rings. The molecule has 18 heavy (non-hydrogen) atoms. The molecule has 0 aliphatic carbocycles. The number of anilines is 1. The van der Waals surface area contributed by atoms with E-state index in [4.69, 9.17) is 11.6 Å². The number of hydrogen-bond donors (Lipinski definition) is 2. The number of nitrogens with one attached hydrogen (secondary N) is 1. The highest BCUT2D eigenvalue weighted by Crippen LogP contribution is 2.25. The van der Waals surface area contributed by atoms with Gasteiger partial charge < -0.3 is 10.4 Å². The van der Waals surface area contributed by atoms with Crippen molar-refractivity contribution in [2.45, 2.75) is 6.92 Å². The molecule has 4 heteroatoms. The van der Waals surface area contributed by atoms with Crippen molar-refractivity contribution in [2.75, 3.05) is 5.32 Å². The van der Waals surface area contributed by atoms with Gasteiger partial charge in [-0.15, -0.1) is 0 Å². The lowest BCUT2D eigenvalue weighted by Crippen LogP contribution is -2.12. The molecule has 2 rings (SSSR count). The van der Waals surface area contributed by atoms with Crippen LogP contribution in [0.4, 0.5) is 5.69 Å². The molecule has 0 atom stereocenters. The molecule has 0 aromatic heterocycles. The van der Waals surface area contributed by atoms with Gasteiger partial charge in [0.2, 0.25) is 0 Å². The zero-order valence-electron chi connectivity index (χ0n) is 9.77. The van der Waals surface area contributed by atoms with E-state index in [2.05, 4.69) is 5.32 Å². The molecule has 1 amide bonds. The fourth-order valence-electron chi connectivity index (χ4n) is 1.59. The Morgan fingerprint density at radius 3 is 2.67 bits per heavy atom. The van der Waals surface area contributed by atoms with Crippen LogP contribution in [0, 0.1) is 6.92 Å². The van der Waals surface area contributed by atoms with Crippen molar-refractivity contribution in [3.63, 3.8) is 0 Å². The topological polar surface area (TPSA) is 49.3 Å². The van der Waals surface area contributed by atoms with Gasteiger partial charge in [-0.3, -0.25) is 4.79 Å². The Labute approximate surface area is 110 Å². The summed E-state index contributed by atoms with van der Waals surface area (Å²) in [4.78, 5) is 12.0. The average Bonchev–Trinajstić information content (AvgIpc) is 2.34. The van der Waals surface area contributed by atoms with Crippen molar-refractivity contribution in [3.05, 3.63) is 58.6 Å². The standard InChI is InChI=1S/C14H12ClNO2/c1-9-6-7-13(17)12(8-9)16-14(18)10-4-2-3-5-11(10)15/h2-8,17H,1H3,(H,16,18). The number of aryl methyl sites for hydroxylation is 1. The first kappa shape index (κ1) is 12.5. The average molecular weight is 262 g/mol. The molecule has 0 radical (unpaired) electrons. The van der Waals surface area contributed by atoms with Gasteiger partial charge in [0.05, 0.1) is 16.3 Å². The maximum absolute atomic E-state index is 12.0. The summed E-state index contributed by atoms with van der Waals surface area (Å²) in [5, 5.41) is 12.7. The van der Waals surface area contributed by atoms with Gasteiger partial charge in [0.1, 0.15) is 5.75 Å². The summed E-state index contributed by atoms with van der Waals surface area (Å²) in [7, 11) is 0. The zero-order valence-corrected chi connectivity index (χ0v) is 10.5. The molecule has 0 saturated heterocycles. The van der Waals surface area contributed by atoms with Crippen LogP contribution >= 0.6 is 11.6 Å². The van der Waals surface area contributed by atoms with Crippen molar-refractivity contribution in [1.29, 1.82) is 0 Å². The predicted molar refractivity (Wildman–Crippen MR) is 72.2 cm³/mol. The van der Waals surface area contributed by atoms with Crippen LogP contribution in [0.1, 0.15) is 15.9 Å². The summed E-state index contributed by atoms with van der Waals surface area (Å²) in [6, 6.07) is 11.8. The SMILES string of the molecule is Cc1ccc(O)c(NC(=O)c2ccccc2Cl)c1. The van der Waals surface area contributed by atoms with E-state index in [1.807, 2.05) is 6.92 Å². The van der Waals surface area contributed by atoms with Gasteiger partial charge in [-0.2, -0.15) is 0 Å². The predicted octanol–water partition coefficient (Wildman–Crippen LogP) is 3.61. The number of rotatable bonds is 2. The van der Waals surface area contributed by atoms with Crippen LogP contribution in [0.15, 0.2) is 42.5 Å². The summed E-state index contributed by atoms with van der Waals surface area (Å²) in [5.41, 5.74) is 1.70. The summed E-state index contributed by atoms with van der Waals surface area (Å²) in [6.07, 6.45) is 0. The zero-order chi connectivity index (χ0) is 13.1. The number of amides is 1. The maximum Gasteiger partial charge on any atom is 0.257 e. The number of benzene rings is 2. The van der Waals surface area contributed by atoms with E-state index in [9.17, 15) is 9.90 Å². The lowest BCUT2D eigenvalue weighted by atomic mass is 10.1. The summed E-state index contributed by atoms with van der Waals surface area (Å²) >= 11 is 5.93. The Hall–Kier alpha value is -2.00. The van der Waals surface area contributed by atoms with E-state index in [0.717, 1.165) is 5.56 Å². The number of phenols is 1. The number of carbonyl (C=O) groups excluding carboxylic acids is 1. The van der Waals surface area contributed by atoms with Gasteiger partial charge in [0.15, 0.2) is 0 Å². The molecule has 2 N–H and O–H groups in total. The summed E-state index contributed by atoms with van der Waals surface area (Å²) in [6.45, 7) is 1.88. The highest BCUT2D eigenvalue weighted by atomic mass is 35.5. The molecule has 0 unspecified atom stereocenters. The van der Waals surface area contributed by atoms with Gasteiger partial charge >= 0.3 is 0 Å². The minimum absolute atomic E-state index is 0.0287. The van der Waals surface area contributed by atoms with Crippen LogP contribution in [0.3, 0.4) is 0 Å². The number of hydrogen-bond acceptors (Lipinski definition) is 2. The Kier molecular flexibility index (Phi) is 3.53. The fourth-order valence-corrected chi connectivity index (χ4v) is 1.81. The van der Waals surface area contributed by atoms with Crippen LogP contribution in [0.2, 0.25) is 5.02 Å². The number of aromatic hydroxyl groups is 1. The Morgan fingerprint density at radius 2 is 1.94 bits per heavy atom. The molecule has 0 saturated carbocycles. The highest BCUT2D eigenvalue weighted by molar-refractivity contribution is 6.34. The van der Waals surface area contributed by atoms with Gasteiger partial charge in [0.25, 0.3) is 5.91 Å². The molecule has 92 valence electrons. The first-order valence-electron chi connectivity index (χ1n) is 5.43.